The molecule has 0 saturated heterocycles. The summed E-state index contributed by atoms with van der Waals surface area (Å²) in [5, 5.41) is 13.4. The van der Waals surface area contributed by atoms with Crippen LogP contribution in [0.2, 0.25) is 0 Å². The maximum Gasteiger partial charge on any atom is 0.132 e. The standard InChI is InChI=1S/C19H21FN2O2/c1-22(2)13-14-24-21-19(17-5-3-4-6-18(17)20)12-9-15-7-10-16(23)11-8-15/h3-12,23H,13-14H2,1-2H3/b12-9+,21-19+. The third-order valence-electron chi connectivity index (χ3n) is 3.27. The summed E-state index contributed by atoms with van der Waals surface area (Å²) in [6, 6.07) is 13.1. The Balaban J connectivity index is 2.20. The Morgan fingerprint density at radius 3 is 2.54 bits per heavy atom. The highest BCUT2D eigenvalue weighted by Gasteiger charge is 2.07. The number of likely N-dealkylation sites (N-methyl/N-ethyl adjacent to an activating group) is 1. The molecule has 0 aliphatic carbocycles. The van der Waals surface area contributed by atoms with Crippen LogP contribution >= 0.6 is 0 Å². The Kier molecular flexibility index (Phi) is 6.51. The first-order valence-corrected chi connectivity index (χ1v) is 7.63. The first-order valence-electron chi connectivity index (χ1n) is 7.63. The van der Waals surface area contributed by atoms with Gasteiger partial charge in [-0.2, -0.15) is 0 Å². The molecule has 0 unspecified atom stereocenters. The Morgan fingerprint density at radius 2 is 1.88 bits per heavy atom. The van der Waals surface area contributed by atoms with Crippen molar-refractivity contribution >= 4 is 11.8 Å². The molecule has 2 aromatic rings. The maximum absolute atomic E-state index is 14.0. The van der Waals surface area contributed by atoms with Crippen LogP contribution in [0.25, 0.3) is 6.08 Å². The van der Waals surface area contributed by atoms with Crippen LogP contribution < -0.4 is 0 Å². The largest absolute Gasteiger partial charge is 0.508 e. The van der Waals surface area contributed by atoms with E-state index >= 15 is 0 Å². The van der Waals surface area contributed by atoms with E-state index in [1.54, 1.807) is 54.6 Å². The number of phenolic OH excluding ortho intramolecular Hbond substituents is 1. The van der Waals surface area contributed by atoms with Gasteiger partial charge >= 0.3 is 0 Å². The predicted octanol–water partition coefficient (Wildman–Crippen LogP) is 3.53. The Hall–Kier alpha value is -2.66. The van der Waals surface area contributed by atoms with Crippen molar-refractivity contribution in [2.75, 3.05) is 27.2 Å². The number of oxime groups is 1. The lowest BCUT2D eigenvalue weighted by atomic mass is 10.1. The van der Waals surface area contributed by atoms with Gasteiger partial charge in [-0.1, -0.05) is 35.5 Å². The number of rotatable bonds is 7. The van der Waals surface area contributed by atoms with E-state index in [1.807, 2.05) is 19.0 Å². The van der Waals surface area contributed by atoms with Crippen molar-refractivity contribution in [2.45, 2.75) is 0 Å². The van der Waals surface area contributed by atoms with Crippen molar-refractivity contribution in [3.8, 4) is 5.75 Å². The lowest BCUT2D eigenvalue weighted by molar-refractivity contribution is 0.126. The zero-order valence-corrected chi connectivity index (χ0v) is 13.8. The molecule has 0 heterocycles. The smallest absolute Gasteiger partial charge is 0.132 e. The topological polar surface area (TPSA) is 45.1 Å². The molecule has 0 aromatic heterocycles. The number of allylic oxidation sites excluding steroid dienone is 1. The maximum atomic E-state index is 14.0. The van der Waals surface area contributed by atoms with Gasteiger partial charge in [0.25, 0.3) is 0 Å². The second-order valence-corrected chi connectivity index (χ2v) is 5.52. The molecular formula is C19H21FN2O2. The van der Waals surface area contributed by atoms with Crippen LogP contribution in [0.3, 0.4) is 0 Å². The molecule has 0 spiro atoms. The quantitative estimate of drug-likeness (QED) is 0.480. The molecule has 126 valence electrons. The fourth-order valence-corrected chi connectivity index (χ4v) is 1.94. The summed E-state index contributed by atoms with van der Waals surface area (Å²) in [7, 11) is 3.88. The van der Waals surface area contributed by atoms with Crippen molar-refractivity contribution < 1.29 is 14.3 Å². The molecule has 24 heavy (non-hydrogen) atoms. The second-order valence-electron chi connectivity index (χ2n) is 5.52. The van der Waals surface area contributed by atoms with Crippen LogP contribution in [0, 0.1) is 5.82 Å². The van der Waals surface area contributed by atoms with Gasteiger partial charge in [-0.15, -0.1) is 0 Å². The van der Waals surface area contributed by atoms with Crippen LogP contribution in [0.5, 0.6) is 5.75 Å². The Labute approximate surface area is 141 Å². The van der Waals surface area contributed by atoms with Crippen LogP contribution in [0.15, 0.2) is 59.8 Å². The van der Waals surface area contributed by atoms with Gasteiger partial charge in [-0.3, -0.25) is 0 Å². The molecule has 0 fully saturated rings. The number of phenols is 1. The summed E-state index contributed by atoms with van der Waals surface area (Å²) >= 11 is 0. The minimum absolute atomic E-state index is 0.196. The summed E-state index contributed by atoms with van der Waals surface area (Å²) in [4.78, 5) is 7.29. The van der Waals surface area contributed by atoms with E-state index in [4.69, 9.17) is 4.84 Å². The van der Waals surface area contributed by atoms with Gasteiger partial charge in [0, 0.05) is 12.1 Å². The molecule has 2 aromatic carbocycles. The zero-order valence-electron chi connectivity index (χ0n) is 13.8. The third-order valence-corrected chi connectivity index (χ3v) is 3.27. The van der Waals surface area contributed by atoms with Gasteiger partial charge in [-0.05, 0) is 50.0 Å². The highest BCUT2D eigenvalue weighted by molar-refractivity contribution is 6.10. The second kappa shape index (κ2) is 8.84. The van der Waals surface area contributed by atoms with Crippen molar-refractivity contribution in [3.05, 3.63) is 71.6 Å². The lowest BCUT2D eigenvalue weighted by Crippen LogP contribution is -2.17. The normalized spacial score (nSPS) is 12.1. The van der Waals surface area contributed by atoms with Crippen molar-refractivity contribution in [3.63, 3.8) is 0 Å². The van der Waals surface area contributed by atoms with E-state index in [0.717, 1.165) is 12.1 Å². The van der Waals surface area contributed by atoms with Gasteiger partial charge in [0.05, 0.1) is 0 Å². The van der Waals surface area contributed by atoms with Crippen LogP contribution in [-0.2, 0) is 4.84 Å². The monoisotopic (exact) mass is 328 g/mol. The van der Waals surface area contributed by atoms with Crippen molar-refractivity contribution in [2.24, 2.45) is 5.16 Å². The first kappa shape index (κ1) is 17.7. The van der Waals surface area contributed by atoms with E-state index in [2.05, 4.69) is 5.16 Å². The average Bonchev–Trinajstić information content (AvgIpc) is 2.56. The number of hydrogen-bond donors (Lipinski definition) is 1. The van der Waals surface area contributed by atoms with Crippen LogP contribution in [0.4, 0.5) is 4.39 Å². The third kappa shape index (κ3) is 5.52. The van der Waals surface area contributed by atoms with E-state index in [1.165, 1.54) is 6.07 Å². The molecule has 0 aliphatic heterocycles. The van der Waals surface area contributed by atoms with E-state index in [0.29, 0.717) is 17.9 Å². The fourth-order valence-electron chi connectivity index (χ4n) is 1.94. The summed E-state index contributed by atoms with van der Waals surface area (Å²) < 4.78 is 14.0. The summed E-state index contributed by atoms with van der Waals surface area (Å²) in [6.45, 7) is 1.13. The summed E-state index contributed by atoms with van der Waals surface area (Å²) in [5.74, 6) is -0.162. The molecule has 0 radical (unpaired) electrons. The highest BCUT2D eigenvalue weighted by atomic mass is 19.1. The van der Waals surface area contributed by atoms with E-state index < -0.39 is 0 Å². The van der Waals surface area contributed by atoms with E-state index in [-0.39, 0.29) is 11.6 Å². The molecule has 0 saturated carbocycles. The molecule has 1 N–H and O–H groups in total. The molecule has 0 bridgehead atoms. The fraction of sp³-hybridized carbons (Fsp3) is 0.211. The SMILES string of the molecule is CN(C)CCO/N=C(\C=C\c1ccc(O)cc1)c1ccccc1F. The average molecular weight is 328 g/mol. The minimum atomic E-state index is -0.359. The zero-order chi connectivity index (χ0) is 17.4. The molecule has 2 rings (SSSR count). The van der Waals surface area contributed by atoms with Gasteiger partial charge in [0.15, 0.2) is 0 Å². The van der Waals surface area contributed by atoms with Gasteiger partial charge in [-0.25, -0.2) is 4.39 Å². The minimum Gasteiger partial charge on any atom is -0.508 e. The number of benzene rings is 2. The van der Waals surface area contributed by atoms with Crippen molar-refractivity contribution in [1.82, 2.24) is 4.90 Å². The number of hydrogen-bond acceptors (Lipinski definition) is 4. The first-order chi connectivity index (χ1) is 11.6. The highest BCUT2D eigenvalue weighted by Crippen LogP contribution is 2.13. The van der Waals surface area contributed by atoms with Gasteiger partial charge in [0.1, 0.15) is 23.9 Å². The molecule has 4 nitrogen and oxygen atoms in total. The molecule has 0 amide bonds. The Morgan fingerprint density at radius 1 is 1.17 bits per heavy atom. The van der Waals surface area contributed by atoms with Crippen LogP contribution in [0.1, 0.15) is 11.1 Å². The summed E-state index contributed by atoms with van der Waals surface area (Å²) in [5.41, 5.74) is 1.64. The Bertz CT molecular complexity index is 710. The molecule has 0 atom stereocenters. The summed E-state index contributed by atoms with van der Waals surface area (Å²) in [6.07, 6.45) is 3.49. The predicted molar refractivity (Wildman–Crippen MR) is 94.6 cm³/mol. The molecule has 5 heteroatoms. The number of halogens is 1. The van der Waals surface area contributed by atoms with E-state index in [9.17, 15) is 9.50 Å². The van der Waals surface area contributed by atoms with Crippen LogP contribution in [-0.4, -0.2) is 43.0 Å². The van der Waals surface area contributed by atoms with Gasteiger partial charge < -0.3 is 14.8 Å². The molecule has 0 aliphatic rings. The van der Waals surface area contributed by atoms with Crippen molar-refractivity contribution in [1.29, 1.82) is 0 Å². The molecular weight excluding hydrogens is 307 g/mol. The van der Waals surface area contributed by atoms with Gasteiger partial charge in [0.2, 0.25) is 0 Å². The number of nitrogens with zero attached hydrogens (tertiary/aromatic N) is 2. The lowest BCUT2D eigenvalue weighted by Gasteiger charge is -2.08. The number of aromatic hydroxyl groups is 1.